The first-order valence-corrected chi connectivity index (χ1v) is 6.47. The molecule has 0 atom stereocenters. The van der Waals surface area contributed by atoms with E-state index in [0.29, 0.717) is 0 Å². The van der Waals surface area contributed by atoms with Crippen LogP contribution >= 0.6 is 0 Å². The SMILES string of the molecule is CC(C)(C)c1ccccc1NC1=NCCCC1. The van der Waals surface area contributed by atoms with Gasteiger partial charge in [0.05, 0.1) is 0 Å². The molecule has 2 rings (SSSR count). The van der Waals surface area contributed by atoms with Gasteiger partial charge in [0.25, 0.3) is 0 Å². The van der Waals surface area contributed by atoms with Crippen LogP contribution in [0.4, 0.5) is 5.69 Å². The highest BCUT2D eigenvalue weighted by atomic mass is 15.0. The number of hydrogen-bond acceptors (Lipinski definition) is 2. The first-order valence-electron chi connectivity index (χ1n) is 6.47. The van der Waals surface area contributed by atoms with Crippen molar-refractivity contribution >= 4 is 11.5 Å². The number of nitrogens with zero attached hydrogens (tertiary/aromatic N) is 1. The summed E-state index contributed by atoms with van der Waals surface area (Å²) in [5.74, 6) is 1.15. The number of aliphatic imine (C=N–C) groups is 1. The van der Waals surface area contributed by atoms with E-state index < -0.39 is 0 Å². The van der Waals surface area contributed by atoms with Gasteiger partial charge >= 0.3 is 0 Å². The Kier molecular flexibility index (Phi) is 3.51. The van der Waals surface area contributed by atoms with E-state index in [0.717, 1.165) is 18.8 Å². The van der Waals surface area contributed by atoms with Crippen LogP contribution in [0.2, 0.25) is 0 Å². The molecule has 2 heteroatoms. The van der Waals surface area contributed by atoms with E-state index >= 15 is 0 Å². The van der Waals surface area contributed by atoms with E-state index in [2.05, 4.69) is 55.3 Å². The molecule has 17 heavy (non-hydrogen) atoms. The Morgan fingerprint density at radius 2 is 1.88 bits per heavy atom. The fourth-order valence-corrected chi connectivity index (χ4v) is 2.20. The molecule has 0 amide bonds. The quantitative estimate of drug-likeness (QED) is 0.775. The van der Waals surface area contributed by atoms with Crippen LogP contribution in [0.25, 0.3) is 0 Å². The number of rotatable bonds is 1. The van der Waals surface area contributed by atoms with E-state index in [9.17, 15) is 0 Å². The van der Waals surface area contributed by atoms with Gasteiger partial charge in [-0.15, -0.1) is 0 Å². The summed E-state index contributed by atoms with van der Waals surface area (Å²) in [5, 5.41) is 3.51. The molecule has 0 radical (unpaired) electrons. The van der Waals surface area contributed by atoms with E-state index in [1.54, 1.807) is 0 Å². The maximum absolute atomic E-state index is 4.55. The molecule has 0 unspecified atom stereocenters. The highest BCUT2D eigenvalue weighted by Gasteiger charge is 2.18. The van der Waals surface area contributed by atoms with Gasteiger partial charge < -0.3 is 5.32 Å². The summed E-state index contributed by atoms with van der Waals surface area (Å²) < 4.78 is 0. The zero-order valence-corrected chi connectivity index (χ0v) is 11.1. The van der Waals surface area contributed by atoms with E-state index in [1.165, 1.54) is 24.1 Å². The minimum atomic E-state index is 0.165. The lowest BCUT2D eigenvalue weighted by Crippen LogP contribution is -2.20. The van der Waals surface area contributed by atoms with Gasteiger partial charge in [-0.25, -0.2) is 0 Å². The van der Waals surface area contributed by atoms with Crippen LogP contribution < -0.4 is 5.32 Å². The summed E-state index contributed by atoms with van der Waals surface area (Å²) in [4.78, 5) is 4.55. The first-order chi connectivity index (χ1) is 8.07. The fraction of sp³-hybridized carbons (Fsp3) is 0.533. The van der Waals surface area contributed by atoms with Crippen LogP contribution in [-0.2, 0) is 5.41 Å². The standard InChI is InChI=1S/C15H22N2/c1-15(2,3)12-8-4-5-9-13(12)17-14-10-6-7-11-16-14/h4-5,8-9H,6-7,10-11H2,1-3H3,(H,16,17). The van der Waals surface area contributed by atoms with Gasteiger partial charge in [0.1, 0.15) is 5.84 Å². The molecule has 1 N–H and O–H groups in total. The van der Waals surface area contributed by atoms with Crippen LogP contribution in [0, 0.1) is 0 Å². The molecule has 1 aromatic rings. The van der Waals surface area contributed by atoms with Crippen molar-refractivity contribution in [2.75, 3.05) is 11.9 Å². The highest BCUT2D eigenvalue weighted by molar-refractivity contribution is 5.96. The topological polar surface area (TPSA) is 24.4 Å². The predicted octanol–water partition coefficient (Wildman–Crippen LogP) is 3.98. The van der Waals surface area contributed by atoms with Crippen molar-refractivity contribution in [3.05, 3.63) is 29.8 Å². The molecular weight excluding hydrogens is 208 g/mol. The summed E-state index contributed by atoms with van der Waals surface area (Å²) in [5.41, 5.74) is 2.73. The summed E-state index contributed by atoms with van der Waals surface area (Å²) in [7, 11) is 0. The zero-order valence-electron chi connectivity index (χ0n) is 11.1. The third kappa shape index (κ3) is 3.09. The maximum atomic E-state index is 4.55. The minimum Gasteiger partial charge on any atom is -0.344 e. The molecule has 1 aromatic carbocycles. The smallest absolute Gasteiger partial charge is 0.101 e. The summed E-state index contributed by atoms with van der Waals surface area (Å²) >= 11 is 0. The molecule has 92 valence electrons. The number of nitrogens with one attached hydrogen (secondary N) is 1. The van der Waals surface area contributed by atoms with Crippen LogP contribution in [0.5, 0.6) is 0 Å². The predicted molar refractivity (Wildman–Crippen MR) is 74.9 cm³/mol. The molecular formula is C15H22N2. The monoisotopic (exact) mass is 230 g/mol. The second kappa shape index (κ2) is 4.91. The first kappa shape index (κ1) is 12.2. The summed E-state index contributed by atoms with van der Waals surface area (Å²) in [6.45, 7) is 7.71. The van der Waals surface area contributed by atoms with Gasteiger partial charge in [-0.3, -0.25) is 4.99 Å². The van der Waals surface area contributed by atoms with E-state index in [4.69, 9.17) is 0 Å². The van der Waals surface area contributed by atoms with Crippen molar-refractivity contribution in [1.82, 2.24) is 0 Å². The van der Waals surface area contributed by atoms with Gasteiger partial charge in [0, 0.05) is 18.7 Å². The van der Waals surface area contributed by atoms with E-state index in [1.807, 2.05) is 0 Å². The van der Waals surface area contributed by atoms with Crippen LogP contribution in [-0.4, -0.2) is 12.4 Å². The lowest BCUT2D eigenvalue weighted by Gasteiger charge is -2.24. The third-order valence-corrected chi connectivity index (χ3v) is 3.14. The maximum Gasteiger partial charge on any atom is 0.101 e. The van der Waals surface area contributed by atoms with Gasteiger partial charge in [-0.2, -0.15) is 0 Å². The minimum absolute atomic E-state index is 0.165. The number of anilines is 1. The van der Waals surface area contributed by atoms with E-state index in [-0.39, 0.29) is 5.41 Å². The number of hydrogen-bond donors (Lipinski definition) is 1. The Bertz CT molecular complexity index is 413. The zero-order chi connectivity index (χ0) is 12.3. The Balaban J connectivity index is 2.23. The fourth-order valence-electron chi connectivity index (χ4n) is 2.20. The largest absolute Gasteiger partial charge is 0.344 e. The lowest BCUT2D eigenvalue weighted by atomic mass is 9.86. The summed E-state index contributed by atoms with van der Waals surface area (Å²) in [6.07, 6.45) is 3.56. The number of amidine groups is 1. The van der Waals surface area contributed by atoms with Gasteiger partial charge in [0.15, 0.2) is 0 Å². The van der Waals surface area contributed by atoms with Crippen LogP contribution in [0.3, 0.4) is 0 Å². The lowest BCUT2D eigenvalue weighted by molar-refractivity contribution is 0.592. The number of benzene rings is 1. The second-order valence-corrected chi connectivity index (χ2v) is 5.71. The molecule has 0 fully saturated rings. The Morgan fingerprint density at radius 3 is 2.53 bits per heavy atom. The molecule has 0 aliphatic carbocycles. The highest BCUT2D eigenvalue weighted by Crippen LogP contribution is 2.29. The Morgan fingerprint density at radius 1 is 1.12 bits per heavy atom. The normalized spacial score (nSPS) is 16.5. The average Bonchev–Trinajstić information content (AvgIpc) is 2.30. The Hall–Kier alpha value is -1.31. The molecule has 1 aliphatic heterocycles. The van der Waals surface area contributed by atoms with Crippen molar-refractivity contribution < 1.29 is 0 Å². The van der Waals surface area contributed by atoms with Crippen LogP contribution in [0.1, 0.15) is 45.6 Å². The Labute approximate surface area is 104 Å². The van der Waals surface area contributed by atoms with Crippen molar-refractivity contribution in [3.63, 3.8) is 0 Å². The van der Waals surface area contributed by atoms with Gasteiger partial charge in [-0.05, 0) is 29.9 Å². The molecule has 0 aromatic heterocycles. The molecule has 1 aliphatic rings. The van der Waals surface area contributed by atoms with Crippen LogP contribution in [0.15, 0.2) is 29.3 Å². The van der Waals surface area contributed by atoms with Gasteiger partial charge in [-0.1, -0.05) is 39.0 Å². The molecule has 2 nitrogen and oxygen atoms in total. The molecule has 0 saturated heterocycles. The number of para-hydroxylation sites is 1. The molecule has 0 saturated carbocycles. The van der Waals surface area contributed by atoms with Crippen molar-refractivity contribution in [3.8, 4) is 0 Å². The third-order valence-electron chi connectivity index (χ3n) is 3.14. The molecule has 1 heterocycles. The summed E-state index contributed by atoms with van der Waals surface area (Å²) in [6, 6.07) is 8.54. The van der Waals surface area contributed by atoms with Gasteiger partial charge in [0.2, 0.25) is 0 Å². The van der Waals surface area contributed by atoms with Crippen molar-refractivity contribution in [2.24, 2.45) is 4.99 Å². The van der Waals surface area contributed by atoms with Crippen molar-refractivity contribution in [2.45, 2.75) is 45.4 Å². The van der Waals surface area contributed by atoms with Crippen molar-refractivity contribution in [1.29, 1.82) is 0 Å². The molecule has 0 spiro atoms. The molecule has 0 bridgehead atoms. The average molecular weight is 230 g/mol. The second-order valence-electron chi connectivity index (χ2n) is 5.71.